The summed E-state index contributed by atoms with van der Waals surface area (Å²) < 4.78 is 0. The summed E-state index contributed by atoms with van der Waals surface area (Å²) in [4.78, 5) is 9.60. The fourth-order valence-electron chi connectivity index (χ4n) is 2.77. The first-order valence-corrected chi connectivity index (χ1v) is 9.46. The average molecular weight is 322 g/mol. The number of nitrogens with zero attached hydrogens (tertiary/aromatic N) is 2. The molecular weight excluding hydrogens is 308 g/mol. The van der Waals surface area contributed by atoms with E-state index in [1.165, 1.54) is 21.5 Å². The number of pyridine rings is 2. The molecule has 0 saturated heterocycles. The van der Waals surface area contributed by atoms with E-state index in [9.17, 15) is 0 Å². The quantitative estimate of drug-likeness (QED) is 0.365. The minimum absolute atomic E-state index is 1.05. The first kappa shape index (κ1) is 13.9. The normalized spacial score (nSPS) is 11.5. The Balaban J connectivity index is 2.15. The zero-order valence-electron chi connectivity index (χ0n) is 12.3. The average Bonchev–Trinajstić information content (AvgIpc) is 2.60. The molecule has 22 heavy (non-hydrogen) atoms. The molecule has 0 aliphatic carbocycles. The first-order valence-electron chi connectivity index (χ1n) is 7.01. The number of aromatic nitrogens is 2. The maximum absolute atomic E-state index is 4.80. The maximum Gasteiger partial charge on any atom is 0.0965 e. The van der Waals surface area contributed by atoms with Gasteiger partial charge in [0.05, 0.1) is 21.1 Å². The topological polar surface area (TPSA) is 25.8 Å². The first-order chi connectivity index (χ1) is 10.8. The lowest BCUT2D eigenvalue weighted by molar-refractivity contribution is 1.19. The Morgan fingerprint density at radius 3 is 1.41 bits per heavy atom. The molecule has 2 aromatic carbocycles. The highest BCUT2D eigenvalue weighted by molar-refractivity contribution is 7.98. The van der Waals surface area contributed by atoms with E-state index >= 15 is 0 Å². The van der Waals surface area contributed by atoms with Crippen LogP contribution >= 0.6 is 23.5 Å². The number of benzene rings is 2. The Bertz CT molecular complexity index is 929. The van der Waals surface area contributed by atoms with Gasteiger partial charge < -0.3 is 0 Å². The number of fused-ring (bicyclic) bond motifs is 5. The van der Waals surface area contributed by atoms with Gasteiger partial charge in [-0.05, 0) is 24.6 Å². The molecule has 0 aliphatic heterocycles. The molecule has 0 aliphatic rings. The fourth-order valence-corrected chi connectivity index (χ4v) is 3.54. The molecule has 2 aromatic heterocycles. The van der Waals surface area contributed by atoms with Crippen LogP contribution in [0.4, 0.5) is 0 Å². The van der Waals surface area contributed by atoms with Crippen LogP contribution in [0.3, 0.4) is 0 Å². The molecule has 0 N–H and O–H groups in total. The van der Waals surface area contributed by atoms with Crippen LogP contribution in [-0.2, 0) is 0 Å². The molecule has 0 amide bonds. The third-order valence-corrected chi connectivity index (χ3v) is 5.17. The molecular formula is C18H14N2S2. The van der Waals surface area contributed by atoms with Crippen LogP contribution in [0.25, 0.3) is 32.6 Å². The molecule has 0 fully saturated rings. The molecule has 4 heteroatoms. The van der Waals surface area contributed by atoms with Crippen LogP contribution in [0.1, 0.15) is 0 Å². The van der Waals surface area contributed by atoms with Crippen LogP contribution in [-0.4, -0.2) is 22.5 Å². The lowest BCUT2D eigenvalue weighted by Gasteiger charge is -2.08. The van der Waals surface area contributed by atoms with Crippen LogP contribution in [0, 0.1) is 0 Å². The van der Waals surface area contributed by atoms with Crippen molar-refractivity contribution in [2.75, 3.05) is 12.5 Å². The van der Waals surface area contributed by atoms with Crippen molar-refractivity contribution >= 4 is 56.1 Å². The lowest BCUT2D eigenvalue weighted by Crippen LogP contribution is -1.88. The van der Waals surface area contributed by atoms with Gasteiger partial charge in [0.1, 0.15) is 0 Å². The molecule has 0 saturated carbocycles. The second-order valence-electron chi connectivity index (χ2n) is 5.08. The summed E-state index contributed by atoms with van der Waals surface area (Å²) in [6, 6.07) is 17.0. The number of thioether (sulfide) groups is 2. The summed E-state index contributed by atoms with van der Waals surface area (Å²) >= 11 is 3.34. The van der Waals surface area contributed by atoms with Gasteiger partial charge in [-0.15, -0.1) is 23.5 Å². The van der Waals surface area contributed by atoms with Crippen LogP contribution in [0.15, 0.2) is 58.6 Å². The predicted molar refractivity (Wildman–Crippen MR) is 98.1 cm³/mol. The maximum atomic E-state index is 4.80. The summed E-state index contributed by atoms with van der Waals surface area (Å²) in [6.07, 6.45) is 4.11. The van der Waals surface area contributed by atoms with Gasteiger partial charge in [0, 0.05) is 21.5 Å². The minimum Gasteiger partial charge on any atom is -0.241 e. The fraction of sp³-hybridized carbons (Fsp3) is 0.111. The van der Waals surface area contributed by atoms with E-state index in [-0.39, 0.29) is 0 Å². The van der Waals surface area contributed by atoms with Crippen molar-refractivity contribution in [3.63, 3.8) is 0 Å². The second-order valence-corrected chi connectivity index (χ2v) is 6.73. The molecule has 0 bridgehead atoms. The van der Waals surface area contributed by atoms with Crippen LogP contribution < -0.4 is 0 Å². The molecule has 2 heterocycles. The Hall–Kier alpha value is -1.78. The highest BCUT2D eigenvalue weighted by atomic mass is 32.2. The Kier molecular flexibility index (Phi) is 3.43. The van der Waals surface area contributed by atoms with Gasteiger partial charge in [-0.3, -0.25) is 0 Å². The van der Waals surface area contributed by atoms with E-state index in [1.807, 2.05) is 0 Å². The van der Waals surface area contributed by atoms with Crippen molar-refractivity contribution < 1.29 is 0 Å². The lowest BCUT2D eigenvalue weighted by atomic mass is 10.0. The summed E-state index contributed by atoms with van der Waals surface area (Å²) in [6.45, 7) is 0. The number of hydrogen-bond donors (Lipinski definition) is 0. The summed E-state index contributed by atoms with van der Waals surface area (Å²) in [5, 5.41) is 6.78. The Morgan fingerprint density at radius 2 is 1.00 bits per heavy atom. The summed E-state index contributed by atoms with van der Waals surface area (Å²) in [7, 11) is 0. The third-order valence-electron chi connectivity index (χ3n) is 3.88. The van der Waals surface area contributed by atoms with Gasteiger partial charge in [0.25, 0.3) is 0 Å². The second kappa shape index (κ2) is 5.45. The summed E-state index contributed by atoms with van der Waals surface area (Å²) in [5.74, 6) is 0. The van der Waals surface area contributed by atoms with E-state index in [4.69, 9.17) is 9.97 Å². The highest BCUT2D eigenvalue weighted by Gasteiger charge is 2.08. The van der Waals surface area contributed by atoms with Gasteiger partial charge in [-0.25, -0.2) is 9.97 Å². The summed E-state index contributed by atoms with van der Waals surface area (Å²) in [5.41, 5.74) is 2.12. The van der Waals surface area contributed by atoms with Crippen molar-refractivity contribution in [2.24, 2.45) is 0 Å². The standard InChI is InChI=1S/C18H14N2S2/c1-21-15-9-5-11-3-8-14-13(17(11)19-15)7-4-12-6-10-16(22-2)20-18(12)14/h3-10H,1-2H3. The Labute approximate surface area is 137 Å². The van der Waals surface area contributed by atoms with Gasteiger partial charge in [0.15, 0.2) is 0 Å². The van der Waals surface area contributed by atoms with Gasteiger partial charge in [-0.1, -0.05) is 36.4 Å². The van der Waals surface area contributed by atoms with Crippen LogP contribution in [0.5, 0.6) is 0 Å². The van der Waals surface area contributed by atoms with Crippen molar-refractivity contribution in [3.05, 3.63) is 48.5 Å². The predicted octanol–water partition coefficient (Wildman–Crippen LogP) is 5.38. The molecule has 108 valence electrons. The molecule has 0 spiro atoms. The zero-order valence-corrected chi connectivity index (χ0v) is 14.0. The third kappa shape index (κ3) is 2.14. The SMILES string of the molecule is CSc1ccc2ccc3c(ccc4ccc(SC)nc43)c2n1. The van der Waals surface area contributed by atoms with E-state index in [0.717, 1.165) is 21.1 Å². The molecule has 2 nitrogen and oxygen atoms in total. The molecule has 0 atom stereocenters. The smallest absolute Gasteiger partial charge is 0.0965 e. The molecule has 4 rings (SSSR count). The largest absolute Gasteiger partial charge is 0.241 e. The number of hydrogen-bond acceptors (Lipinski definition) is 4. The van der Waals surface area contributed by atoms with Crippen molar-refractivity contribution in [1.82, 2.24) is 9.97 Å². The van der Waals surface area contributed by atoms with Gasteiger partial charge in [0.2, 0.25) is 0 Å². The highest BCUT2D eigenvalue weighted by Crippen LogP contribution is 2.31. The molecule has 0 unspecified atom stereocenters. The van der Waals surface area contributed by atoms with E-state index in [0.29, 0.717) is 0 Å². The van der Waals surface area contributed by atoms with Crippen LogP contribution in [0.2, 0.25) is 0 Å². The van der Waals surface area contributed by atoms with E-state index in [1.54, 1.807) is 23.5 Å². The van der Waals surface area contributed by atoms with Gasteiger partial charge >= 0.3 is 0 Å². The van der Waals surface area contributed by atoms with Crippen molar-refractivity contribution in [2.45, 2.75) is 10.1 Å². The van der Waals surface area contributed by atoms with Crippen molar-refractivity contribution in [1.29, 1.82) is 0 Å². The molecule has 4 aromatic rings. The zero-order chi connectivity index (χ0) is 15.1. The molecule has 0 radical (unpaired) electrons. The monoisotopic (exact) mass is 322 g/mol. The van der Waals surface area contributed by atoms with Crippen molar-refractivity contribution in [3.8, 4) is 0 Å². The Morgan fingerprint density at radius 1 is 0.591 bits per heavy atom. The minimum atomic E-state index is 1.05. The number of rotatable bonds is 2. The van der Waals surface area contributed by atoms with Gasteiger partial charge in [-0.2, -0.15) is 0 Å². The van der Waals surface area contributed by atoms with E-state index < -0.39 is 0 Å². The van der Waals surface area contributed by atoms with E-state index in [2.05, 4.69) is 61.0 Å².